The fourth-order valence-electron chi connectivity index (χ4n) is 3.08. The summed E-state index contributed by atoms with van der Waals surface area (Å²) >= 11 is 0. The molecule has 3 rings (SSSR count). The van der Waals surface area contributed by atoms with E-state index >= 15 is 0 Å². The van der Waals surface area contributed by atoms with Gasteiger partial charge in [0.05, 0.1) is 17.9 Å². The number of anilines is 2. The maximum absolute atomic E-state index is 13.6. The average Bonchev–Trinajstić information content (AvgIpc) is 2.75. The number of hydrogen-bond acceptors (Lipinski definition) is 3. The van der Waals surface area contributed by atoms with Crippen LogP contribution in [0.1, 0.15) is 30.5 Å². The molecule has 0 amide bonds. The molecule has 0 aliphatic heterocycles. The molecule has 160 valence electrons. The lowest BCUT2D eigenvalue weighted by molar-refractivity contribution is 0.137. The van der Waals surface area contributed by atoms with Crippen LogP contribution in [0.2, 0.25) is 0 Å². The first kappa shape index (κ1) is 22.4. The highest BCUT2D eigenvalue weighted by Crippen LogP contribution is 2.27. The second kappa shape index (κ2) is 10.1. The standard InChI is InChI=1S/C27H28FNO2/c1-20-16-23(10-12-25(20)28)29-26-13-11-24(31-18-21-8-6-5-7-9-21)17-22(26)14-15-27(2,3)19-30-4/h5-13,16-17,29H,18-19H2,1-4H3. The van der Waals surface area contributed by atoms with E-state index in [9.17, 15) is 4.39 Å². The molecular weight excluding hydrogens is 389 g/mol. The summed E-state index contributed by atoms with van der Waals surface area (Å²) in [5.74, 6) is 7.08. The summed E-state index contributed by atoms with van der Waals surface area (Å²) < 4.78 is 24.9. The summed E-state index contributed by atoms with van der Waals surface area (Å²) in [5.41, 5.74) is 3.83. The van der Waals surface area contributed by atoms with E-state index in [-0.39, 0.29) is 11.2 Å². The van der Waals surface area contributed by atoms with Gasteiger partial charge in [0.25, 0.3) is 0 Å². The van der Waals surface area contributed by atoms with E-state index in [0.717, 1.165) is 28.3 Å². The zero-order valence-electron chi connectivity index (χ0n) is 18.5. The van der Waals surface area contributed by atoms with Crippen molar-refractivity contribution in [1.82, 2.24) is 0 Å². The number of nitrogens with one attached hydrogen (secondary N) is 1. The number of halogens is 1. The van der Waals surface area contributed by atoms with Crippen LogP contribution in [-0.4, -0.2) is 13.7 Å². The summed E-state index contributed by atoms with van der Waals surface area (Å²) in [6.45, 7) is 6.83. The molecule has 3 nitrogen and oxygen atoms in total. The van der Waals surface area contributed by atoms with E-state index in [4.69, 9.17) is 9.47 Å². The monoisotopic (exact) mass is 417 g/mol. The molecule has 0 aliphatic carbocycles. The minimum absolute atomic E-state index is 0.225. The van der Waals surface area contributed by atoms with E-state index in [0.29, 0.717) is 18.8 Å². The maximum Gasteiger partial charge on any atom is 0.126 e. The molecule has 4 heteroatoms. The van der Waals surface area contributed by atoms with E-state index in [1.165, 1.54) is 6.07 Å². The van der Waals surface area contributed by atoms with Crippen molar-refractivity contribution in [2.45, 2.75) is 27.4 Å². The molecular formula is C27H28FNO2. The largest absolute Gasteiger partial charge is 0.489 e. The fourth-order valence-corrected chi connectivity index (χ4v) is 3.08. The van der Waals surface area contributed by atoms with Crippen LogP contribution in [0.25, 0.3) is 0 Å². The molecule has 0 saturated heterocycles. The Labute approximate surface area is 184 Å². The summed E-state index contributed by atoms with van der Waals surface area (Å²) in [4.78, 5) is 0. The van der Waals surface area contributed by atoms with Crippen LogP contribution in [0.15, 0.2) is 66.7 Å². The van der Waals surface area contributed by atoms with Crippen molar-refractivity contribution in [3.8, 4) is 17.6 Å². The smallest absolute Gasteiger partial charge is 0.126 e. The molecule has 31 heavy (non-hydrogen) atoms. The topological polar surface area (TPSA) is 30.5 Å². The minimum atomic E-state index is -0.292. The lowest BCUT2D eigenvalue weighted by Gasteiger charge is -2.16. The molecule has 0 heterocycles. The van der Waals surface area contributed by atoms with Crippen LogP contribution in [0.4, 0.5) is 15.8 Å². The van der Waals surface area contributed by atoms with Gasteiger partial charge in [-0.15, -0.1) is 0 Å². The van der Waals surface area contributed by atoms with Crippen LogP contribution in [0.5, 0.6) is 5.75 Å². The Morgan fingerprint density at radius 1 is 1.00 bits per heavy atom. The first-order valence-electron chi connectivity index (χ1n) is 10.2. The molecule has 0 saturated carbocycles. The molecule has 0 aliphatic rings. The van der Waals surface area contributed by atoms with Crippen LogP contribution < -0.4 is 10.1 Å². The number of methoxy groups -OCH3 is 1. The lowest BCUT2D eigenvalue weighted by atomic mass is 9.95. The van der Waals surface area contributed by atoms with Crippen LogP contribution in [-0.2, 0) is 11.3 Å². The first-order valence-corrected chi connectivity index (χ1v) is 10.2. The zero-order chi connectivity index (χ0) is 22.3. The van der Waals surface area contributed by atoms with Crippen LogP contribution >= 0.6 is 0 Å². The predicted molar refractivity (Wildman–Crippen MR) is 124 cm³/mol. The number of aryl methyl sites for hydroxylation is 1. The Balaban J connectivity index is 1.89. The second-order valence-electron chi connectivity index (χ2n) is 8.14. The number of hydrogen-bond donors (Lipinski definition) is 1. The van der Waals surface area contributed by atoms with Gasteiger partial charge in [-0.05, 0) is 68.3 Å². The van der Waals surface area contributed by atoms with Crippen molar-refractivity contribution in [3.63, 3.8) is 0 Å². The van der Waals surface area contributed by atoms with Gasteiger partial charge >= 0.3 is 0 Å². The first-order chi connectivity index (χ1) is 14.9. The third-order valence-corrected chi connectivity index (χ3v) is 4.72. The Morgan fingerprint density at radius 2 is 1.77 bits per heavy atom. The SMILES string of the molecule is COCC(C)(C)C#Cc1cc(OCc2ccccc2)ccc1Nc1ccc(F)c(C)c1. The summed E-state index contributed by atoms with van der Waals surface area (Å²) in [5, 5.41) is 3.35. The fraction of sp³-hybridized carbons (Fsp3) is 0.259. The molecule has 0 atom stereocenters. The number of rotatable bonds is 7. The van der Waals surface area contributed by atoms with Crippen molar-refractivity contribution >= 4 is 11.4 Å². The highest BCUT2D eigenvalue weighted by Gasteiger charge is 2.14. The van der Waals surface area contributed by atoms with Crippen molar-refractivity contribution in [1.29, 1.82) is 0 Å². The Bertz CT molecular complexity index is 1080. The van der Waals surface area contributed by atoms with E-state index in [1.54, 1.807) is 26.2 Å². The van der Waals surface area contributed by atoms with Crippen molar-refractivity contribution in [3.05, 3.63) is 89.2 Å². The Morgan fingerprint density at radius 3 is 2.48 bits per heavy atom. The molecule has 3 aromatic carbocycles. The second-order valence-corrected chi connectivity index (χ2v) is 8.14. The molecule has 0 spiro atoms. The van der Waals surface area contributed by atoms with Gasteiger partial charge in [-0.1, -0.05) is 42.2 Å². The van der Waals surface area contributed by atoms with E-state index in [1.807, 2.05) is 62.4 Å². The highest BCUT2D eigenvalue weighted by molar-refractivity contribution is 5.69. The van der Waals surface area contributed by atoms with Crippen LogP contribution in [0, 0.1) is 30.0 Å². The van der Waals surface area contributed by atoms with Crippen molar-refractivity contribution in [2.24, 2.45) is 5.41 Å². The van der Waals surface area contributed by atoms with Crippen LogP contribution in [0.3, 0.4) is 0 Å². The Hall–Kier alpha value is -3.29. The number of benzene rings is 3. The molecule has 3 aromatic rings. The van der Waals surface area contributed by atoms with Gasteiger partial charge in [0, 0.05) is 18.2 Å². The van der Waals surface area contributed by atoms with Gasteiger partial charge < -0.3 is 14.8 Å². The van der Waals surface area contributed by atoms with Crippen molar-refractivity contribution in [2.75, 3.05) is 19.0 Å². The molecule has 0 radical (unpaired) electrons. The van der Waals surface area contributed by atoms with E-state index < -0.39 is 0 Å². The summed E-state index contributed by atoms with van der Waals surface area (Å²) in [6, 6.07) is 20.8. The zero-order valence-corrected chi connectivity index (χ0v) is 18.5. The summed E-state index contributed by atoms with van der Waals surface area (Å²) in [7, 11) is 1.67. The predicted octanol–water partition coefficient (Wildman–Crippen LogP) is 6.48. The van der Waals surface area contributed by atoms with Gasteiger partial charge in [0.15, 0.2) is 0 Å². The molecule has 0 aromatic heterocycles. The normalized spacial score (nSPS) is 10.9. The Kier molecular flexibility index (Phi) is 7.33. The number of ether oxygens (including phenoxy) is 2. The van der Waals surface area contributed by atoms with Gasteiger partial charge in [-0.3, -0.25) is 0 Å². The quantitative estimate of drug-likeness (QED) is 0.446. The van der Waals surface area contributed by atoms with Gasteiger partial charge in [-0.25, -0.2) is 4.39 Å². The highest BCUT2D eigenvalue weighted by atomic mass is 19.1. The van der Waals surface area contributed by atoms with Gasteiger partial charge in [0.2, 0.25) is 0 Å². The molecule has 1 N–H and O–H groups in total. The minimum Gasteiger partial charge on any atom is -0.489 e. The van der Waals surface area contributed by atoms with Crippen molar-refractivity contribution < 1.29 is 13.9 Å². The lowest BCUT2D eigenvalue weighted by Crippen LogP contribution is -2.15. The molecule has 0 bridgehead atoms. The van der Waals surface area contributed by atoms with E-state index in [2.05, 4.69) is 17.2 Å². The molecule has 0 fully saturated rings. The summed E-state index contributed by atoms with van der Waals surface area (Å²) in [6.07, 6.45) is 0. The average molecular weight is 418 g/mol. The molecule has 0 unspecified atom stereocenters. The third kappa shape index (κ3) is 6.60. The van der Waals surface area contributed by atoms with Gasteiger partial charge in [0.1, 0.15) is 18.2 Å². The third-order valence-electron chi connectivity index (χ3n) is 4.72. The van der Waals surface area contributed by atoms with Gasteiger partial charge in [-0.2, -0.15) is 0 Å². The maximum atomic E-state index is 13.6.